The second kappa shape index (κ2) is 9.30. The van der Waals surface area contributed by atoms with Gasteiger partial charge in [0.2, 0.25) is 5.78 Å². The van der Waals surface area contributed by atoms with E-state index in [2.05, 4.69) is 44.3 Å². The third-order valence-electron chi connectivity index (χ3n) is 7.73. The highest BCUT2D eigenvalue weighted by Gasteiger charge is 2.44. The Balaban J connectivity index is 1.53. The van der Waals surface area contributed by atoms with Crippen LogP contribution in [0.15, 0.2) is 63.0 Å². The van der Waals surface area contributed by atoms with Crippen LogP contribution in [0.2, 0.25) is 0 Å². The topological polar surface area (TPSA) is 69.3 Å². The number of rotatable bonds is 5. The number of aryl methyl sites for hydroxylation is 1. The van der Waals surface area contributed by atoms with E-state index in [0.29, 0.717) is 23.0 Å². The van der Waals surface area contributed by atoms with Crippen molar-refractivity contribution in [2.45, 2.75) is 62.6 Å². The van der Waals surface area contributed by atoms with Crippen LogP contribution >= 0.6 is 27.7 Å². The fraction of sp³-hybridized carbons (Fsp3) is 0.357. The van der Waals surface area contributed by atoms with Gasteiger partial charge in [0.05, 0.1) is 11.4 Å². The first-order chi connectivity index (χ1) is 17.5. The number of thioether (sulfide) groups is 1. The number of hydrogen-bond acceptors (Lipinski definition) is 5. The molecule has 2 heterocycles. The van der Waals surface area contributed by atoms with Crippen LogP contribution in [-0.2, 0) is 18.4 Å². The lowest BCUT2D eigenvalue weighted by atomic mass is 9.62. The molecule has 2 aromatic carbocycles. The normalized spacial score (nSPS) is 16.2. The van der Waals surface area contributed by atoms with Crippen molar-refractivity contribution in [1.29, 1.82) is 0 Å². The molecule has 0 aliphatic heterocycles. The minimum atomic E-state index is -0.163. The van der Waals surface area contributed by atoms with E-state index in [9.17, 15) is 9.59 Å². The Bertz CT molecular complexity index is 1530. The van der Waals surface area contributed by atoms with Crippen LogP contribution in [0.3, 0.4) is 0 Å². The summed E-state index contributed by atoms with van der Waals surface area (Å²) in [5.41, 5.74) is 4.75. The van der Waals surface area contributed by atoms with Crippen molar-refractivity contribution in [3.8, 4) is 11.3 Å². The molecule has 0 amide bonds. The summed E-state index contributed by atoms with van der Waals surface area (Å²) in [6.45, 7) is 2.50. The Morgan fingerprint density at radius 2 is 1.81 bits per heavy atom. The molecule has 2 aromatic heterocycles. The number of carbonyl (C=O) groups excluding carboxylic acids is 1. The van der Waals surface area contributed by atoms with Gasteiger partial charge in [-0.15, -0.1) is 10.2 Å². The number of halogens is 1. The molecule has 6 nitrogen and oxygen atoms in total. The van der Waals surface area contributed by atoms with Crippen LogP contribution in [0.4, 0.5) is 0 Å². The number of Topliss-reactive ketones (excluding diaryl/α,β-unsaturated/α-hetero) is 1. The first-order valence-electron chi connectivity index (χ1n) is 12.5. The summed E-state index contributed by atoms with van der Waals surface area (Å²) < 4.78 is 4.75. The third-order valence-corrected chi connectivity index (χ3v) is 9.19. The lowest BCUT2D eigenvalue weighted by molar-refractivity contribution is 0.102. The fourth-order valence-corrected chi connectivity index (χ4v) is 7.14. The van der Waals surface area contributed by atoms with Crippen LogP contribution in [0, 0.1) is 0 Å². The predicted molar refractivity (Wildman–Crippen MR) is 146 cm³/mol. The number of nitrogens with zero attached hydrogens (tertiary/aromatic N) is 4. The molecule has 2 aliphatic carbocycles. The SMILES string of the molecule is CCn1c(=O)c2c(n3c(SCC(=O)c4ccc(Br)cc4)nnc13)-c1ccccc1CC21CCCCC1. The zero-order valence-electron chi connectivity index (χ0n) is 20.2. The highest BCUT2D eigenvalue weighted by atomic mass is 79.9. The molecule has 0 unspecified atom stereocenters. The van der Waals surface area contributed by atoms with Crippen LogP contribution in [0.5, 0.6) is 0 Å². The molecule has 4 aromatic rings. The van der Waals surface area contributed by atoms with E-state index in [1.54, 1.807) is 4.57 Å². The van der Waals surface area contributed by atoms with Gasteiger partial charge in [0.1, 0.15) is 0 Å². The molecule has 1 fully saturated rings. The van der Waals surface area contributed by atoms with E-state index in [4.69, 9.17) is 0 Å². The van der Waals surface area contributed by atoms with Crippen molar-refractivity contribution in [1.82, 2.24) is 19.2 Å². The Morgan fingerprint density at radius 1 is 1.06 bits per heavy atom. The maximum atomic E-state index is 14.0. The average Bonchev–Trinajstić information content (AvgIpc) is 3.31. The summed E-state index contributed by atoms with van der Waals surface area (Å²) in [6.07, 6.45) is 6.42. The van der Waals surface area contributed by atoms with E-state index >= 15 is 0 Å². The van der Waals surface area contributed by atoms with Crippen molar-refractivity contribution in [3.05, 3.63) is 80.0 Å². The van der Waals surface area contributed by atoms with Crippen molar-refractivity contribution in [2.75, 3.05) is 5.75 Å². The molecule has 0 bridgehead atoms. The van der Waals surface area contributed by atoms with Gasteiger partial charge < -0.3 is 0 Å². The summed E-state index contributed by atoms with van der Waals surface area (Å²) in [6, 6.07) is 15.8. The van der Waals surface area contributed by atoms with Gasteiger partial charge in [0.25, 0.3) is 5.56 Å². The molecule has 0 atom stereocenters. The van der Waals surface area contributed by atoms with E-state index in [1.807, 2.05) is 41.7 Å². The molecule has 0 N–H and O–H groups in total. The lowest BCUT2D eigenvalue weighted by Gasteiger charge is -2.42. The molecule has 184 valence electrons. The van der Waals surface area contributed by atoms with Crippen LogP contribution < -0.4 is 5.56 Å². The van der Waals surface area contributed by atoms with Gasteiger partial charge in [0.15, 0.2) is 10.9 Å². The number of fused-ring (bicyclic) bond motifs is 6. The van der Waals surface area contributed by atoms with Gasteiger partial charge >= 0.3 is 0 Å². The van der Waals surface area contributed by atoms with Gasteiger partial charge in [-0.1, -0.05) is 83.4 Å². The summed E-state index contributed by atoms with van der Waals surface area (Å²) in [7, 11) is 0. The van der Waals surface area contributed by atoms with E-state index in [1.165, 1.54) is 23.7 Å². The monoisotopic (exact) mass is 562 g/mol. The number of carbonyl (C=O) groups is 1. The molecule has 1 spiro atoms. The van der Waals surface area contributed by atoms with Crippen molar-refractivity contribution in [3.63, 3.8) is 0 Å². The minimum Gasteiger partial charge on any atom is -0.293 e. The summed E-state index contributed by atoms with van der Waals surface area (Å²) in [5.74, 6) is 0.823. The number of benzene rings is 2. The molecule has 6 rings (SSSR count). The highest BCUT2D eigenvalue weighted by molar-refractivity contribution is 9.10. The van der Waals surface area contributed by atoms with Crippen molar-refractivity contribution in [2.24, 2.45) is 0 Å². The maximum absolute atomic E-state index is 14.0. The zero-order valence-corrected chi connectivity index (χ0v) is 22.6. The van der Waals surface area contributed by atoms with E-state index in [-0.39, 0.29) is 22.5 Å². The third kappa shape index (κ3) is 3.77. The molecule has 0 saturated heterocycles. The molecule has 8 heteroatoms. The molecular weight excluding hydrogens is 536 g/mol. The van der Waals surface area contributed by atoms with Gasteiger partial charge in [-0.05, 0) is 43.9 Å². The van der Waals surface area contributed by atoms with Gasteiger partial charge in [0, 0.05) is 33.1 Å². The predicted octanol–water partition coefficient (Wildman–Crippen LogP) is 6.07. The lowest BCUT2D eigenvalue weighted by Crippen LogP contribution is -2.43. The fourth-order valence-electron chi connectivity index (χ4n) is 6.05. The highest BCUT2D eigenvalue weighted by Crippen LogP contribution is 2.49. The minimum absolute atomic E-state index is 0.0334. The molecular formula is C28H27BrN4O2S. The second-order valence-corrected chi connectivity index (χ2v) is 11.6. The summed E-state index contributed by atoms with van der Waals surface area (Å²) in [4.78, 5) is 27.0. The number of hydrogen-bond donors (Lipinski definition) is 0. The van der Waals surface area contributed by atoms with Crippen molar-refractivity contribution < 1.29 is 4.79 Å². The van der Waals surface area contributed by atoms with Crippen molar-refractivity contribution >= 4 is 39.3 Å². The van der Waals surface area contributed by atoms with Crippen LogP contribution in [-0.4, -0.2) is 30.7 Å². The van der Waals surface area contributed by atoms with Crippen LogP contribution in [0.25, 0.3) is 17.0 Å². The second-order valence-electron chi connectivity index (χ2n) is 9.78. The standard InChI is InChI=1S/C28H27BrN4O2S/c1-2-32-25(35)23-24(21-9-5-4-8-19(21)16-28(23)14-6-3-7-15-28)33-26(32)30-31-27(33)36-17-22(34)18-10-12-20(29)13-11-18/h4-5,8-13H,2-3,6-7,14-17H2,1H3. The number of ketones is 1. The maximum Gasteiger partial charge on any atom is 0.259 e. The van der Waals surface area contributed by atoms with Gasteiger partial charge in [-0.2, -0.15) is 0 Å². The Hall–Kier alpha value is -2.71. The Morgan fingerprint density at radius 3 is 2.56 bits per heavy atom. The van der Waals surface area contributed by atoms with Crippen LogP contribution in [0.1, 0.15) is 60.5 Å². The molecule has 1 saturated carbocycles. The average molecular weight is 564 g/mol. The number of aromatic nitrogens is 4. The Kier molecular flexibility index (Phi) is 6.12. The van der Waals surface area contributed by atoms with E-state index in [0.717, 1.165) is 53.4 Å². The Labute approximate surface area is 222 Å². The summed E-state index contributed by atoms with van der Waals surface area (Å²) in [5, 5.41) is 9.61. The molecule has 0 radical (unpaired) electrons. The first kappa shape index (κ1) is 23.7. The van der Waals surface area contributed by atoms with E-state index < -0.39 is 0 Å². The molecule has 2 aliphatic rings. The molecule has 36 heavy (non-hydrogen) atoms. The van der Waals surface area contributed by atoms with Gasteiger partial charge in [-0.3, -0.25) is 18.6 Å². The smallest absolute Gasteiger partial charge is 0.259 e. The first-order valence-corrected chi connectivity index (χ1v) is 14.3. The van der Waals surface area contributed by atoms with Gasteiger partial charge in [-0.25, -0.2) is 0 Å². The quantitative estimate of drug-likeness (QED) is 0.218. The largest absolute Gasteiger partial charge is 0.293 e. The zero-order chi connectivity index (χ0) is 24.9. The summed E-state index contributed by atoms with van der Waals surface area (Å²) >= 11 is 4.81.